The topological polar surface area (TPSA) is 40.6 Å². The van der Waals surface area contributed by atoms with Crippen LogP contribution in [-0.4, -0.2) is 69.4 Å². The summed E-state index contributed by atoms with van der Waals surface area (Å²) in [4.78, 5) is 9.27. The molecule has 1 fully saturated rings. The van der Waals surface area contributed by atoms with Crippen molar-refractivity contribution < 1.29 is 4.74 Å². The minimum atomic E-state index is 0.847. The van der Waals surface area contributed by atoms with Crippen molar-refractivity contribution in [2.45, 2.75) is 6.42 Å². The van der Waals surface area contributed by atoms with Gasteiger partial charge in [0.15, 0.2) is 5.13 Å². The van der Waals surface area contributed by atoms with E-state index < -0.39 is 0 Å². The first-order chi connectivity index (χ1) is 9.40. The standard InChI is InChI=1S/C13H24N4OS/c1-18-11-2-3-14-4-6-16-7-9-17(10-8-16)13-15-5-12-19-13/h5,12,14H,2-4,6-11H2,1H3. The summed E-state index contributed by atoms with van der Waals surface area (Å²) < 4.78 is 5.02. The maximum Gasteiger partial charge on any atom is 0.185 e. The second-order valence-corrected chi connectivity index (χ2v) is 5.61. The maximum atomic E-state index is 5.02. The highest BCUT2D eigenvalue weighted by Crippen LogP contribution is 2.18. The minimum absolute atomic E-state index is 0.847. The molecular weight excluding hydrogens is 260 g/mol. The summed E-state index contributed by atoms with van der Waals surface area (Å²) in [7, 11) is 1.75. The fourth-order valence-corrected chi connectivity index (χ4v) is 2.94. The Morgan fingerprint density at radius 1 is 1.32 bits per heavy atom. The molecule has 0 radical (unpaired) electrons. The number of hydrogen-bond acceptors (Lipinski definition) is 6. The summed E-state index contributed by atoms with van der Waals surface area (Å²) in [6, 6.07) is 0. The molecule has 0 bridgehead atoms. The molecule has 0 atom stereocenters. The predicted octanol–water partition coefficient (Wildman–Crippen LogP) is 0.891. The third kappa shape index (κ3) is 5.06. The summed E-state index contributed by atoms with van der Waals surface area (Å²) in [6.45, 7) is 8.57. The van der Waals surface area contributed by atoms with Crippen LogP contribution in [0.4, 0.5) is 5.13 Å². The highest BCUT2D eigenvalue weighted by molar-refractivity contribution is 7.13. The van der Waals surface area contributed by atoms with Gasteiger partial charge in [0.05, 0.1) is 0 Å². The Morgan fingerprint density at radius 2 is 2.16 bits per heavy atom. The molecule has 0 spiro atoms. The summed E-state index contributed by atoms with van der Waals surface area (Å²) in [6.07, 6.45) is 2.98. The van der Waals surface area contributed by atoms with E-state index in [-0.39, 0.29) is 0 Å². The van der Waals surface area contributed by atoms with Gasteiger partial charge in [0.1, 0.15) is 0 Å². The molecule has 5 nitrogen and oxygen atoms in total. The van der Waals surface area contributed by atoms with Crippen LogP contribution in [0.2, 0.25) is 0 Å². The number of rotatable bonds is 8. The van der Waals surface area contributed by atoms with Gasteiger partial charge < -0.3 is 15.0 Å². The lowest BCUT2D eigenvalue weighted by molar-refractivity contribution is 0.193. The first kappa shape index (κ1) is 14.7. The lowest BCUT2D eigenvalue weighted by atomic mass is 10.3. The van der Waals surface area contributed by atoms with Crippen LogP contribution in [-0.2, 0) is 4.74 Å². The number of methoxy groups -OCH3 is 1. The molecule has 1 aliphatic heterocycles. The zero-order valence-electron chi connectivity index (χ0n) is 11.7. The first-order valence-electron chi connectivity index (χ1n) is 6.96. The molecule has 6 heteroatoms. The monoisotopic (exact) mass is 284 g/mol. The molecule has 108 valence electrons. The largest absolute Gasteiger partial charge is 0.385 e. The molecule has 1 aliphatic rings. The number of anilines is 1. The molecule has 2 rings (SSSR count). The van der Waals surface area contributed by atoms with Crippen LogP contribution in [0.5, 0.6) is 0 Å². The fourth-order valence-electron chi connectivity index (χ4n) is 2.24. The number of nitrogens with one attached hydrogen (secondary N) is 1. The van der Waals surface area contributed by atoms with Crippen molar-refractivity contribution in [1.82, 2.24) is 15.2 Å². The van der Waals surface area contributed by atoms with Crippen molar-refractivity contribution in [3.05, 3.63) is 11.6 Å². The van der Waals surface area contributed by atoms with Crippen LogP contribution in [0.25, 0.3) is 0 Å². The minimum Gasteiger partial charge on any atom is -0.385 e. The summed E-state index contributed by atoms with van der Waals surface area (Å²) in [5.41, 5.74) is 0. The predicted molar refractivity (Wildman–Crippen MR) is 80.1 cm³/mol. The lowest BCUT2D eigenvalue weighted by Gasteiger charge is -2.34. The van der Waals surface area contributed by atoms with Crippen LogP contribution in [0, 0.1) is 0 Å². The highest BCUT2D eigenvalue weighted by atomic mass is 32.1. The fraction of sp³-hybridized carbons (Fsp3) is 0.769. The Kier molecular flexibility index (Phi) is 6.56. The van der Waals surface area contributed by atoms with Crippen LogP contribution in [0.15, 0.2) is 11.6 Å². The number of thiazole rings is 1. The van der Waals surface area contributed by atoms with Gasteiger partial charge in [0.25, 0.3) is 0 Å². The normalized spacial score (nSPS) is 17.0. The third-order valence-corrected chi connectivity index (χ3v) is 4.20. The van der Waals surface area contributed by atoms with Crippen molar-refractivity contribution in [3.63, 3.8) is 0 Å². The first-order valence-corrected chi connectivity index (χ1v) is 7.84. The van der Waals surface area contributed by atoms with Gasteiger partial charge in [-0.25, -0.2) is 4.98 Å². The molecule has 1 N–H and O–H groups in total. The quantitative estimate of drug-likeness (QED) is 0.718. The van der Waals surface area contributed by atoms with E-state index in [1.807, 2.05) is 11.6 Å². The van der Waals surface area contributed by atoms with Gasteiger partial charge in [-0.3, -0.25) is 4.90 Å². The zero-order chi connectivity index (χ0) is 13.3. The van der Waals surface area contributed by atoms with E-state index in [9.17, 15) is 0 Å². The van der Waals surface area contributed by atoms with Gasteiger partial charge in [-0.1, -0.05) is 0 Å². The second-order valence-electron chi connectivity index (χ2n) is 4.74. The van der Waals surface area contributed by atoms with Crippen LogP contribution in [0.1, 0.15) is 6.42 Å². The Hall–Kier alpha value is -0.690. The van der Waals surface area contributed by atoms with Gasteiger partial charge in [-0.15, -0.1) is 11.3 Å². The Balaban J connectivity index is 1.54. The van der Waals surface area contributed by atoms with Gasteiger partial charge in [-0.05, 0) is 13.0 Å². The molecule has 0 saturated carbocycles. The van der Waals surface area contributed by atoms with E-state index >= 15 is 0 Å². The molecule has 0 aliphatic carbocycles. The van der Waals surface area contributed by atoms with Crippen molar-refractivity contribution in [3.8, 4) is 0 Å². The molecule has 1 aromatic heterocycles. The Labute approximate surface area is 119 Å². The molecule has 0 amide bonds. The Morgan fingerprint density at radius 3 is 2.84 bits per heavy atom. The highest BCUT2D eigenvalue weighted by Gasteiger charge is 2.17. The third-order valence-electron chi connectivity index (χ3n) is 3.37. The van der Waals surface area contributed by atoms with Crippen LogP contribution in [0.3, 0.4) is 0 Å². The second kappa shape index (κ2) is 8.47. The van der Waals surface area contributed by atoms with Crippen molar-refractivity contribution in [2.75, 3.05) is 64.4 Å². The molecule has 1 saturated heterocycles. The van der Waals surface area contributed by atoms with E-state index in [0.29, 0.717) is 0 Å². The lowest BCUT2D eigenvalue weighted by Crippen LogP contribution is -2.48. The number of ether oxygens (including phenoxy) is 1. The number of aromatic nitrogens is 1. The SMILES string of the molecule is COCCCNCCN1CCN(c2nccs2)CC1. The molecule has 2 heterocycles. The van der Waals surface area contributed by atoms with E-state index in [1.54, 1.807) is 18.4 Å². The smallest absolute Gasteiger partial charge is 0.185 e. The van der Waals surface area contributed by atoms with Crippen molar-refractivity contribution in [2.24, 2.45) is 0 Å². The van der Waals surface area contributed by atoms with Crippen LogP contribution < -0.4 is 10.2 Å². The summed E-state index contributed by atoms with van der Waals surface area (Å²) in [5, 5.41) is 6.67. The molecule has 0 unspecified atom stereocenters. The maximum absolute atomic E-state index is 5.02. The average molecular weight is 284 g/mol. The molecule has 19 heavy (non-hydrogen) atoms. The van der Waals surface area contributed by atoms with E-state index in [1.165, 1.54) is 0 Å². The van der Waals surface area contributed by atoms with E-state index in [0.717, 1.165) is 64.0 Å². The van der Waals surface area contributed by atoms with Gasteiger partial charge in [-0.2, -0.15) is 0 Å². The summed E-state index contributed by atoms with van der Waals surface area (Å²) in [5.74, 6) is 0. The summed E-state index contributed by atoms with van der Waals surface area (Å²) >= 11 is 1.73. The van der Waals surface area contributed by atoms with Gasteiger partial charge in [0.2, 0.25) is 0 Å². The molecular formula is C13H24N4OS. The number of nitrogens with zero attached hydrogens (tertiary/aromatic N) is 3. The van der Waals surface area contributed by atoms with Gasteiger partial charge in [0, 0.05) is 64.6 Å². The number of hydrogen-bond donors (Lipinski definition) is 1. The Bertz CT molecular complexity index is 325. The van der Waals surface area contributed by atoms with Crippen molar-refractivity contribution in [1.29, 1.82) is 0 Å². The van der Waals surface area contributed by atoms with E-state index in [4.69, 9.17) is 4.74 Å². The van der Waals surface area contributed by atoms with E-state index in [2.05, 4.69) is 20.1 Å². The average Bonchev–Trinajstić information content (AvgIpc) is 2.97. The molecule has 0 aromatic carbocycles. The van der Waals surface area contributed by atoms with Gasteiger partial charge >= 0.3 is 0 Å². The van der Waals surface area contributed by atoms with Crippen LogP contribution >= 0.6 is 11.3 Å². The van der Waals surface area contributed by atoms with Crippen molar-refractivity contribution >= 4 is 16.5 Å². The number of piperazine rings is 1. The zero-order valence-corrected chi connectivity index (χ0v) is 12.5. The molecule has 1 aromatic rings.